The molecule has 1 aromatic rings. The fourth-order valence-electron chi connectivity index (χ4n) is 2.04. The number of esters is 1. The smallest absolute Gasteiger partial charge is 0.339 e. The van der Waals surface area contributed by atoms with Crippen molar-refractivity contribution >= 4 is 11.7 Å². The van der Waals surface area contributed by atoms with Crippen LogP contribution in [0.1, 0.15) is 54.9 Å². The van der Waals surface area contributed by atoms with Crippen LogP contribution in [0, 0.1) is 6.92 Å². The van der Waals surface area contributed by atoms with E-state index in [4.69, 9.17) is 4.74 Å². The molecule has 1 aromatic carbocycles. The van der Waals surface area contributed by atoms with Gasteiger partial charge in [-0.1, -0.05) is 44.2 Å². The van der Waals surface area contributed by atoms with Crippen LogP contribution in [0.2, 0.25) is 0 Å². The van der Waals surface area contributed by atoms with E-state index < -0.39 is 0 Å². The SMILES string of the molecule is CCCCCCCNc1ccc(C)cc1C(=O)OC. The van der Waals surface area contributed by atoms with E-state index in [1.165, 1.54) is 32.8 Å². The lowest BCUT2D eigenvalue weighted by Crippen LogP contribution is -2.09. The quantitative estimate of drug-likeness (QED) is 0.565. The van der Waals surface area contributed by atoms with Crippen molar-refractivity contribution in [3.8, 4) is 0 Å². The molecule has 0 aromatic heterocycles. The minimum atomic E-state index is -0.280. The second-order valence-electron chi connectivity index (χ2n) is 4.88. The van der Waals surface area contributed by atoms with E-state index in [2.05, 4.69) is 12.2 Å². The van der Waals surface area contributed by atoms with E-state index in [1.807, 2.05) is 25.1 Å². The number of anilines is 1. The van der Waals surface area contributed by atoms with Crippen LogP contribution in [0.3, 0.4) is 0 Å². The van der Waals surface area contributed by atoms with Crippen LogP contribution in [-0.4, -0.2) is 19.6 Å². The molecule has 0 unspecified atom stereocenters. The van der Waals surface area contributed by atoms with Crippen LogP contribution in [0.15, 0.2) is 18.2 Å². The summed E-state index contributed by atoms with van der Waals surface area (Å²) in [5, 5.41) is 3.33. The van der Waals surface area contributed by atoms with Gasteiger partial charge in [-0.15, -0.1) is 0 Å². The summed E-state index contributed by atoms with van der Waals surface area (Å²) in [6.07, 6.45) is 6.22. The van der Waals surface area contributed by atoms with E-state index in [0.717, 1.165) is 24.2 Å². The molecule has 0 saturated heterocycles. The summed E-state index contributed by atoms with van der Waals surface area (Å²) >= 11 is 0. The predicted molar refractivity (Wildman–Crippen MR) is 79.8 cm³/mol. The fraction of sp³-hybridized carbons (Fsp3) is 0.562. The summed E-state index contributed by atoms with van der Waals surface area (Å²) in [5.74, 6) is -0.280. The molecule has 106 valence electrons. The zero-order valence-corrected chi connectivity index (χ0v) is 12.3. The monoisotopic (exact) mass is 263 g/mol. The average Bonchev–Trinajstić information content (AvgIpc) is 2.43. The Morgan fingerprint density at radius 2 is 1.95 bits per heavy atom. The fourth-order valence-corrected chi connectivity index (χ4v) is 2.04. The highest BCUT2D eigenvalue weighted by Crippen LogP contribution is 2.18. The van der Waals surface area contributed by atoms with Crippen LogP contribution in [0.4, 0.5) is 5.69 Å². The van der Waals surface area contributed by atoms with E-state index in [0.29, 0.717) is 5.56 Å². The number of carbonyl (C=O) groups excluding carboxylic acids is 1. The van der Waals surface area contributed by atoms with Gasteiger partial charge in [0, 0.05) is 12.2 Å². The van der Waals surface area contributed by atoms with E-state index in [-0.39, 0.29) is 5.97 Å². The van der Waals surface area contributed by atoms with E-state index in [1.54, 1.807) is 0 Å². The Hall–Kier alpha value is -1.51. The van der Waals surface area contributed by atoms with Crippen molar-refractivity contribution in [1.82, 2.24) is 0 Å². The number of carbonyl (C=O) groups is 1. The first kappa shape index (κ1) is 15.5. The Morgan fingerprint density at radius 1 is 1.21 bits per heavy atom. The van der Waals surface area contributed by atoms with E-state index >= 15 is 0 Å². The Kier molecular flexibility index (Phi) is 7.01. The largest absolute Gasteiger partial charge is 0.465 e. The minimum absolute atomic E-state index is 0.280. The van der Waals surface area contributed by atoms with Gasteiger partial charge in [0.05, 0.1) is 12.7 Å². The average molecular weight is 263 g/mol. The highest BCUT2D eigenvalue weighted by molar-refractivity contribution is 5.95. The Labute approximate surface area is 116 Å². The van der Waals surface area contributed by atoms with Gasteiger partial charge in [0.25, 0.3) is 0 Å². The van der Waals surface area contributed by atoms with Crippen molar-refractivity contribution in [3.05, 3.63) is 29.3 Å². The number of nitrogens with one attached hydrogen (secondary N) is 1. The third-order valence-electron chi connectivity index (χ3n) is 3.18. The molecule has 0 bridgehead atoms. The molecular weight excluding hydrogens is 238 g/mol. The normalized spacial score (nSPS) is 10.3. The zero-order chi connectivity index (χ0) is 14.1. The van der Waals surface area contributed by atoms with Gasteiger partial charge in [0.2, 0.25) is 0 Å². The molecule has 0 heterocycles. The number of hydrogen-bond acceptors (Lipinski definition) is 3. The topological polar surface area (TPSA) is 38.3 Å². The van der Waals surface area contributed by atoms with Crippen molar-refractivity contribution in [1.29, 1.82) is 0 Å². The second-order valence-corrected chi connectivity index (χ2v) is 4.88. The van der Waals surface area contributed by atoms with Gasteiger partial charge in [0.1, 0.15) is 0 Å². The van der Waals surface area contributed by atoms with Gasteiger partial charge in [-0.3, -0.25) is 0 Å². The maximum absolute atomic E-state index is 11.7. The van der Waals surface area contributed by atoms with Gasteiger partial charge in [0.15, 0.2) is 0 Å². The molecule has 0 fully saturated rings. The number of ether oxygens (including phenoxy) is 1. The molecule has 0 atom stereocenters. The predicted octanol–water partition coefficient (Wildman–Crippen LogP) is 4.16. The summed E-state index contributed by atoms with van der Waals surface area (Å²) in [6.45, 7) is 5.09. The van der Waals surface area contributed by atoms with Gasteiger partial charge in [-0.05, 0) is 25.5 Å². The second kappa shape index (κ2) is 8.57. The molecule has 3 heteroatoms. The lowest BCUT2D eigenvalue weighted by molar-refractivity contribution is 0.0601. The highest BCUT2D eigenvalue weighted by atomic mass is 16.5. The summed E-state index contributed by atoms with van der Waals surface area (Å²) in [4.78, 5) is 11.7. The molecule has 0 spiro atoms. The Morgan fingerprint density at radius 3 is 2.63 bits per heavy atom. The highest BCUT2D eigenvalue weighted by Gasteiger charge is 2.11. The molecule has 0 aliphatic rings. The van der Waals surface area contributed by atoms with Crippen molar-refractivity contribution in [2.45, 2.75) is 46.0 Å². The standard InChI is InChI=1S/C16H25NO2/c1-4-5-6-7-8-11-17-15-10-9-13(2)12-14(15)16(18)19-3/h9-10,12,17H,4-8,11H2,1-3H3. The summed E-state index contributed by atoms with van der Waals surface area (Å²) in [7, 11) is 1.42. The zero-order valence-electron chi connectivity index (χ0n) is 12.3. The van der Waals surface area contributed by atoms with Crippen molar-refractivity contribution in [2.75, 3.05) is 19.0 Å². The molecule has 0 radical (unpaired) electrons. The molecule has 0 aliphatic carbocycles. The van der Waals surface area contributed by atoms with Gasteiger partial charge >= 0.3 is 5.97 Å². The molecule has 0 aliphatic heterocycles. The molecule has 0 amide bonds. The Balaban J connectivity index is 2.50. The molecular formula is C16H25NO2. The number of rotatable bonds is 8. The first-order chi connectivity index (χ1) is 9.19. The van der Waals surface area contributed by atoms with Crippen molar-refractivity contribution in [2.24, 2.45) is 0 Å². The molecule has 1 rings (SSSR count). The van der Waals surface area contributed by atoms with Crippen LogP contribution in [0.25, 0.3) is 0 Å². The van der Waals surface area contributed by atoms with Crippen LogP contribution in [-0.2, 0) is 4.74 Å². The Bertz CT molecular complexity index is 402. The summed E-state index contributed by atoms with van der Waals surface area (Å²) < 4.78 is 4.81. The first-order valence-corrected chi connectivity index (χ1v) is 7.12. The van der Waals surface area contributed by atoms with Crippen molar-refractivity contribution in [3.63, 3.8) is 0 Å². The van der Waals surface area contributed by atoms with Crippen LogP contribution in [0.5, 0.6) is 0 Å². The molecule has 1 N–H and O–H groups in total. The van der Waals surface area contributed by atoms with Crippen LogP contribution < -0.4 is 5.32 Å². The van der Waals surface area contributed by atoms with Gasteiger partial charge < -0.3 is 10.1 Å². The number of aryl methyl sites for hydroxylation is 1. The van der Waals surface area contributed by atoms with Gasteiger partial charge in [-0.25, -0.2) is 4.79 Å². The minimum Gasteiger partial charge on any atom is -0.465 e. The molecule has 3 nitrogen and oxygen atoms in total. The summed E-state index contributed by atoms with van der Waals surface area (Å²) in [5.41, 5.74) is 2.55. The van der Waals surface area contributed by atoms with Crippen LogP contribution >= 0.6 is 0 Å². The maximum Gasteiger partial charge on any atom is 0.339 e. The van der Waals surface area contributed by atoms with Gasteiger partial charge in [-0.2, -0.15) is 0 Å². The number of benzene rings is 1. The maximum atomic E-state index is 11.7. The third-order valence-corrected chi connectivity index (χ3v) is 3.18. The lowest BCUT2D eigenvalue weighted by atomic mass is 10.1. The number of methoxy groups -OCH3 is 1. The van der Waals surface area contributed by atoms with E-state index in [9.17, 15) is 4.79 Å². The molecule has 0 saturated carbocycles. The first-order valence-electron chi connectivity index (χ1n) is 7.12. The summed E-state index contributed by atoms with van der Waals surface area (Å²) in [6, 6.07) is 5.82. The lowest BCUT2D eigenvalue weighted by Gasteiger charge is -2.11. The number of hydrogen-bond donors (Lipinski definition) is 1. The molecule has 19 heavy (non-hydrogen) atoms. The number of unbranched alkanes of at least 4 members (excludes halogenated alkanes) is 4. The van der Waals surface area contributed by atoms with Crippen molar-refractivity contribution < 1.29 is 9.53 Å². The third kappa shape index (κ3) is 5.33.